The van der Waals surface area contributed by atoms with Crippen LogP contribution in [0.3, 0.4) is 0 Å². The molecule has 1 aromatic heterocycles. The summed E-state index contributed by atoms with van der Waals surface area (Å²) in [5, 5.41) is 4.55. The maximum atomic E-state index is 6.11. The highest BCUT2D eigenvalue weighted by molar-refractivity contribution is 6.36. The third-order valence-corrected chi connectivity index (χ3v) is 2.91. The summed E-state index contributed by atoms with van der Waals surface area (Å²) >= 11 is 11.9. The minimum atomic E-state index is 0.580. The summed E-state index contributed by atoms with van der Waals surface area (Å²) in [6, 6.07) is 1.74. The summed E-state index contributed by atoms with van der Waals surface area (Å²) in [5.41, 5.74) is 0. The molecule has 5 heteroatoms. The molecule has 0 aromatic carbocycles. The van der Waals surface area contributed by atoms with Gasteiger partial charge in [0.1, 0.15) is 5.82 Å². The van der Waals surface area contributed by atoms with Crippen molar-refractivity contribution in [2.24, 2.45) is 0 Å². The van der Waals surface area contributed by atoms with Crippen LogP contribution in [0.1, 0.15) is 6.42 Å². The molecule has 1 N–H and O–H groups in total. The number of pyridine rings is 1. The molecule has 1 aliphatic rings. The lowest BCUT2D eigenvalue weighted by molar-refractivity contribution is 0.724. The number of rotatable bonds is 1. The molecule has 2 heterocycles. The van der Waals surface area contributed by atoms with Crippen molar-refractivity contribution in [1.29, 1.82) is 0 Å². The van der Waals surface area contributed by atoms with Crippen LogP contribution in [-0.2, 0) is 0 Å². The van der Waals surface area contributed by atoms with Gasteiger partial charge in [0.15, 0.2) is 0 Å². The first-order valence-electron chi connectivity index (χ1n) is 5.04. The fourth-order valence-electron chi connectivity index (χ4n) is 1.70. The van der Waals surface area contributed by atoms with Crippen LogP contribution < -0.4 is 10.2 Å². The van der Waals surface area contributed by atoms with Gasteiger partial charge in [0.2, 0.25) is 0 Å². The molecule has 0 aliphatic carbocycles. The van der Waals surface area contributed by atoms with Gasteiger partial charge in [0.25, 0.3) is 0 Å². The van der Waals surface area contributed by atoms with E-state index >= 15 is 0 Å². The zero-order chi connectivity index (χ0) is 10.7. The van der Waals surface area contributed by atoms with Crippen molar-refractivity contribution < 1.29 is 0 Å². The summed E-state index contributed by atoms with van der Waals surface area (Å²) in [6.45, 7) is 3.96. The van der Waals surface area contributed by atoms with E-state index in [0.717, 1.165) is 38.4 Å². The Morgan fingerprint density at radius 2 is 2.13 bits per heavy atom. The fourth-order valence-corrected chi connectivity index (χ4v) is 2.20. The molecule has 2 rings (SSSR count). The van der Waals surface area contributed by atoms with Crippen molar-refractivity contribution in [2.75, 3.05) is 31.1 Å². The van der Waals surface area contributed by atoms with Crippen molar-refractivity contribution in [1.82, 2.24) is 10.3 Å². The summed E-state index contributed by atoms with van der Waals surface area (Å²) < 4.78 is 0. The van der Waals surface area contributed by atoms with E-state index in [9.17, 15) is 0 Å². The van der Waals surface area contributed by atoms with E-state index in [1.807, 2.05) is 0 Å². The molecule has 0 saturated carbocycles. The second-order valence-electron chi connectivity index (χ2n) is 3.55. The number of hydrogen-bond acceptors (Lipinski definition) is 3. The Labute approximate surface area is 99.4 Å². The Morgan fingerprint density at radius 3 is 2.93 bits per heavy atom. The predicted octanol–water partition coefficient (Wildman–Crippen LogP) is 2.19. The second kappa shape index (κ2) is 5.01. The Kier molecular flexibility index (Phi) is 3.67. The van der Waals surface area contributed by atoms with Crippen LogP contribution in [0.5, 0.6) is 0 Å². The second-order valence-corrected chi connectivity index (χ2v) is 4.39. The standard InChI is InChI=1S/C10H13Cl2N3/c11-8-6-9(12)10(14-7-8)15-4-1-2-13-3-5-15/h6-7,13H,1-5H2. The van der Waals surface area contributed by atoms with Gasteiger partial charge in [-0.2, -0.15) is 0 Å². The van der Waals surface area contributed by atoms with Gasteiger partial charge in [-0.1, -0.05) is 23.2 Å². The Balaban J connectivity index is 2.19. The first kappa shape index (κ1) is 11.0. The van der Waals surface area contributed by atoms with Crippen molar-refractivity contribution in [2.45, 2.75) is 6.42 Å². The van der Waals surface area contributed by atoms with Gasteiger partial charge in [-0.05, 0) is 19.0 Å². The van der Waals surface area contributed by atoms with Gasteiger partial charge in [-0.25, -0.2) is 4.98 Å². The molecule has 82 valence electrons. The lowest BCUT2D eigenvalue weighted by Gasteiger charge is -2.21. The molecule has 1 saturated heterocycles. The van der Waals surface area contributed by atoms with E-state index in [4.69, 9.17) is 23.2 Å². The van der Waals surface area contributed by atoms with Gasteiger partial charge >= 0.3 is 0 Å². The smallest absolute Gasteiger partial charge is 0.147 e. The molecule has 1 aliphatic heterocycles. The van der Waals surface area contributed by atoms with Gasteiger partial charge in [-0.15, -0.1) is 0 Å². The molecule has 0 radical (unpaired) electrons. The molecule has 15 heavy (non-hydrogen) atoms. The molecule has 1 fully saturated rings. The van der Waals surface area contributed by atoms with Crippen LogP contribution in [0.2, 0.25) is 10.0 Å². The van der Waals surface area contributed by atoms with Crippen molar-refractivity contribution >= 4 is 29.0 Å². The normalized spacial score (nSPS) is 17.6. The quantitative estimate of drug-likeness (QED) is 0.823. The van der Waals surface area contributed by atoms with Crippen LogP contribution in [0.15, 0.2) is 12.3 Å². The van der Waals surface area contributed by atoms with Crippen molar-refractivity contribution in [3.05, 3.63) is 22.3 Å². The zero-order valence-corrected chi connectivity index (χ0v) is 9.85. The molecule has 3 nitrogen and oxygen atoms in total. The highest BCUT2D eigenvalue weighted by Crippen LogP contribution is 2.26. The highest BCUT2D eigenvalue weighted by atomic mass is 35.5. The highest BCUT2D eigenvalue weighted by Gasteiger charge is 2.13. The lowest BCUT2D eigenvalue weighted by Crippen LogP contribution is -2.28. The number of nitrogens with one attached hydrogen (secondary N) is 1. The third-order valence-electron chi connectivity index (χ3n) is 2.43. The molecule has 1 aromatic rings. The average molecular weight is 246 g/mol. The molecule has 0 atom stereocenters. The van der Waals surface area contributed by atoms with Crippen LogP contribution in [0, 0.1) is 0 Å². The average Bonchev–Trinajstić information content (AvgIpc) is 2.46. The molecule has 0 unspecified atom stereocenters. The first-order chi connectivity index (χ1) is 7.27. The maximum absolute atomic E-state index is 6.11. The van der Waals surface area contributed by atoms with Crippen LogP contribution in [0.25, 0.3) is 0 Å². The Bertz CT molecular complexity index is 335. The summed E-state index contributed by atoms with van der Waals surface area (Å²) in [7, 11) is 0. The topological polar surface area (TPSA) is 28.2 Å². The summed E-state index contributed by atoms with van der Waals surface area (Å²) in [4.78, 5) is 6.47. The number of aromatic nitrogens is 1. The summed E-state index contributed by atoms with van der Waals surface area (Å²) in [6.07, 6.45) is 2.75. The Morgan fingerprint density at radius 1 is 1.27 bits per heavy atom. The van der Waals surface area contributed by atoms with Crippen molar-refractivity contribution in [3.8, 4) is 0 Å². The van der Waals surface area contributed by atoms with E-state index in [1.165, 1.54) is 0 Å². The molecule has 0 amide bonds. The van der Waals surface area contributed by atoms with E-state index in [0.29, 0.717) is 10.0 Å². The maximum Gasteiger partial charge on any atom is 0.147 e. The number of halogens is 2. The van der Waals surface area contributed by atoms with E-state index < -0.39 is 0 Å². The van der Waals surface area contributed by atoms with E-state index in [-0.39, 0.29) is 0 Å². The molecule has 0 bridgehead atoms. The van der Waals surface area contributed by atoms with Crippen LogP contribution >= 0.6 is 23.2 Å². The number of anilines is 1. The largest absolute Gasteiger partial charge is 0.354 e. The lowest BCUT2D eigenvalue weighted by atomic mass is 10.3. The summed E-state index contributed by atoms with van der Waals surface area (Å²) in [5.74, 6) is 0.838. The van der Waals surface area contributed by atoms with E-state index in [1.54, 1.807) is 12.3 Å². The van der Waals surface area contributed by atoms with Gasteiger partial charge in [-0.3, -0.25) is 0 Å². The van der Waals surface area contributed by atoms with Crippen molar-refractivity contribution in [3.63, 3.8) is 0 Å². The zero-order valence-electron chi connectivity index (χ0n) is 8.34. The first-order valence-corrected chi connectivity index (χ1v) is 5.79. The number of nitrogens with zero attached hydrogens (tertiary/aromatic N) is 2. The fraction of sp³-hybridized carbons (Fsp3) is 0.500. The third kappa shape index (κ3) is 2.74. The number of hydrogen-bond donors (Lipinski definition) is 1. The minimum Gasteiger partial charge on any atom is -0.354 e. The minimum absolute atomic E-state index is 0.580. The van der Waals surface area contributed by atoms with Crippen LogP contribution in [-0.4, -0.2) is 31.2 Å². The van der Waals surface area contributed by atoms with E-state index in [2.05, 4.69) is 15.2 Å². The molecule has 0 spiro atoms. The molecular weight excluding hydrogens is 233 g/mol. The van der Waals surface area contributed by atoms with Gasteiger partial charge < -0.3 is 10.2 Å². The van der Waals surface area contributed by atoms with Gasteiger partial charge in [0.05, 0.1) is 10.0 Å². The van der Waals surface area contributed by atoms with Gasteiger partial charge in [0, 0.05) is 25.8 Å². The SMILES string of the molecule is Clc1cnc(N2CCCNCC2)c(Cl)c1. The Hall–Kier alpha value is -0.510. The monoisotopic (exact) mass is 245 g/mol. The van der Waals surface area contributed by atoms with Crippen LogP contribution in [0.4, 0.5) is 5.82 Å². The molecular formula is C10H13Cl2N3. The predicted molar refractivity (Wildman–Crippen MR) is 64.0 cm³/mol.